The molecular weight excluding hydrogens is 284 g/mol. The third-order valence-electron chi connectivity index (χ3n) is 4.31. The molecule has 0 fully saturated rings. The first kappa shape index (κ1) is 17.1. The van der Waals surface area contributed by atoms with E-state index in [1.54, 1.807) is 6.20 Å². The zero-order valence-electron chi connectivity index (χ0n) is 14.5. The molecule has 1 aromatic heterocycles. The van der Waals surface area contributed by atoms with Crippen LogP contribution in [0.5, 0.6) is 0 Å². The first-order chi connectivity index (χ1) is 10.9. The molecule has 0 N–H and O–H groups in total. The van der Waals surface area contributed by atoms with Crippen molar-refractivity contribution in [1.29, 1.82) is 0 Å². The second-order valence-electron chi connectivity index (χ2n) is 6.27. The van der Waals surface area contributed by atoms with Crippen molar-refractivity contribution < 1.29 is 4.74 Å². The van der Waals surface area contributed by atoms with E-state index in [-0.39, 0.29) is 6.04 Å². The van der Waals surface area contributed by atoms with E-state index < -0.39 is 5.60 Å². The number of hydrogen-bond acceptors (Lipinski definition) is 2. The monoisotopic (exact) mass is 310 g/mol. The van der Waals surface area contributed by atoms with Crippen LogP contribution in [-0.2, 0) is 4.74 Å². The summed E-state index contributed by atoms with van der Waals surface area (Å²) < 4.78 is 8.19. The summed E-state index contributed by atoms with van der Waals surface area (Å²) >= 11 is 0. The first-order valence-electron chi connectivity index (χ1n) is 8.00. The van der Waals surface area contributed by atoms with Gasteiger partial charge in [0.1, 0.15) is 17.1 Å². The van der Waals surface area contributed by atoms with Gasteiger partial charge in [0.2, 0.25) is 0 Å². The Morgan fingerprint density at radius 2 is 1.91 bits per heavy atom. The lowest BCUT2D eigenvalue weighted by Gasteiger charge is -2.30. The van der Waals surface area contributed by atoms with Crippen LogP contribution in [-0.4, -0.2) is 15.2 Å². The van der Waals surface area contributed by atoms with Crippen molar-refractivity contribution in [3.63, 3.8) is 0 Å². The molecule has 1 unspecified atom stereocenters. The van der Waals surface area contributed by atoms with Gasteiger partial charge in [-0.1, -0.05) is 50.4 Å². The van der Waals surface area contributed by atoms with Gasteiger partial charge in [0.05, 0.1) is 18.6 Å². The molecule has 2 aromatic rings. The lowest BCUT2D eigenvalue weighted by molar-refractivity contribution is 0.111. The molecule has 0 spiro atoms. The van der Waals surface area contributed by atoms with Crippen LogP contribution in [0.3, 0.4) is 0 Å². The average molecular weight is 310 g/mol. The number of rotatable bonds is 7. The molecule has 1 aromatic carbocycles. The molecule has 0 radical (unpaired) electrons. The van der Waals surface area contributed by atoms with E-state index >= 15 is 0 Å². The molecule has 1 atom stereocenters. The minimum Gasteiger partial charge on any atom is -0.482 e. The standard InChI is InChI=1S/C20H26N2O/c1-7-15(2)20(5,6)23-17(4)19-13-21-14-22(19)16(3)18-11-9-8-10-12-18/h8-14,16H,2,4,7H2,1,3,5-6H3. The van der Waals surface area contributed by atoms with E-state index in [2.05, 4.69) is 48.7 Å². The normalized spacial score (nSPS) is 12.7. The molecule has 1 heterocycles. The minimum absolute atomic E-state index is 0.159. The van der Waals surface area contributed by atoms with Gasteiger partial charge in [-0.3, -0.25) is 0 Å². The van der Waals surface area contributed by atoms with E-state index in [4.69, 9.17) is 4.74 Å². The summed E-state index contributed by atoms with van der Waals surface area (Å²) in [5.41, 5.74) is 2.70. The Bertz CT molecular complexity index is 683. The fourth-order valence-corrected chi connectivity index (χ4v) is 2.58. The lowest BCUT2D eigenvalue weighted by atomic mass is 9.97. The Morgan fingerprint density at radius 3 is 2.52 bits per heavy atom. The van der Waals surface area contributed by atoms with E-state index in [0.29, 0.717) is 5.76 Å². The van der Waals surface area contributed by atoms with Crippen LogP contribution in [0.15, 0.2) is 61.6 Å². The Hall–Kier alpha value is -2.29. The molecule has 0 aliphatic heterocycles. The molecule has 0 amide bonds. The summed E-state index contributed by atoms with van der Waals surface area (Å²) in [6, 6.07) is 10.5. The van der Waals surface area contributed by atoms with Crippen molar-refractivity contribution >= 4 is 5.76 Å². The SMILES string of the molecule is C=C(OC(C)(C)C(=C)CC)c1cncn1C(C)c1ccccc1. The highest BCUT2D eigenvalue weighted by molar-refractivity contribution is 5.54. The minimum atomic E-state index is -0.448. The quantitative estimate of drug-likeness (QED) is 0.517. The van der Waals surface area contributed by atoms with E-state index in [9.17, 15) is 0 Å². The molecule has 23 heavy (non-hydrogen) atoms. The van der Waals surface area contributed by atoms with Crippen molar-refractivity contribution in [2.24, 2.45) is 0 Å². The number of imidazole rings is 1. The number of hydrogen-bond donors (Lipinski definition) is 0. The van der Waals surface area contributed by atoms with Crippen LogP contribution in [0.25, 0.3) is 5.76 Å². The van der Waals surface area contributed by atoms with Gasteiger partial charge in [-0.2, -0.15) is 0 Å². The topological polar surface area (TPSA) is 27.1 Å². The van der Waals surface area contributed by atoms with Gasteiger partial charge >= 0.3 is 0 Å². The van der Waals surface area contributed by atoms with Gasteiger partial charge in [0.15, 0.2) is 0 Å². The van der Waals surface area contributed by atoms with Gasteiger partial charge in [-0.25, -0.2) is 4.98 Å². The van der Waals surface area contributed by atoms with Crippen molar-refractivity contribution in [2.75, 3.05) is 0 Å². The zero-order chi connectivity index (χ0) is 17.0. The zero-order valence-corrected chi connectivity index (χ0v) is 14.5. The summed E-state index contributed by atoms with van der Waals surface area (Å²) in [5, 5.41) is 0. The Kier molecular flexibility index (Phi) is 5.09. The van der Waals surface area contributed by atoms with Crippen molar-refractivity contribution in [2.45, 2.75) is 45.8 Å². The predicted molar refractivity (Wildman–Crippen MR) is 96.1 cm³/mol. The third kappa shape index (κ3) is 3.73. The number of nitrogens with zero attached hydrogens (tertiary/aromatic N) is 2. The number of ether oxygens (including phenoxy) is 1. The molecule has 0 aliphatic carbocycles. The van der Waals surface area contributed by atoms with Crippen LogP contribution >= 0.6 is 0 Å². The van der Waals surface area contributed by atoms with Crippen molar-refractivity contribution in [3.05, 3.63) is 72.8 Å². The van der Waals surface area contributed by atoms with Crippen LogP contribution in [0.4, 0.5) is 0 Å². The first-order valence-corrected chi connectivity index (χ1v) is 8.00. The van der Waals surface area contributed by atoms with Gasteiger partial charge in [0, 0.05) is 0 Å². The van der Waals surface area contributed by atoms with Crippen LogP contribution in [0.2, 0.25) is 0 Å². The largest absolute Gasteiger partial charge is 0.482 e. The van der Waals surface area contributed by atoms with Crippen LogP contribution in [0.1, 0.15) is 51.4 Å². The Labute approximate surface area is 139 Å². The maximum atomic E-state index is 6.11. The highest BCUT2D eigenvalue weighted by atomic mass is 16.5. The predicted octanol–water partition coefficient (Wildman–Crippen LogP) is 5.22. The number of benzene rings is 1. The molecule has 0 saturated carbocycles. The highest BCUT2D eigenvalue weighted by Crippen LogP contribution is 2.30. The molecule has 3 nitrogen and oxygen atoms in total. The average Bonchev–Trinajstić information content (AvgIpc) is 3.03. The maximum absolute atomic E-state index is 6.11. The lowest BCUT2D eigenvalue weighted by Crippen LogP contribution is -2.26. The second kappa shape index (κ2) is 6.86. The Morgan fingerprint density at radius 1 is 1.26 bits per heavy atom. The summed E-state index contributed by atoms with van der Waals surface area (Å²) in [6.45, 7) is 16.5. The molecule has 2 rings (SSSR count). The smallest absolute Gasteiger partial charge is 0.138 e. The van der Waals surface area contributed by atoms with Crippen LogP contribution in [0, 0.1) is 0 Å². The van der Waals surface area contributed by atoms with E-state index in [0.717, 1.165) is 17.7 Å². The second-order valence-corrected chi connectivity index (χ2v) is 6.27. The molecule has 0 saturated heterocycles. The van der Waals surface area contributed by atoms with Gasteiger partial charge in [-0.05, 0) is 38.3 Å². The molecule has 3 heteroatoms. The van der Waals surface area contributed by atoms with Crippen molar-refractivity contribution in [3.8, 4) is 0 Å². The molecule has 122 valence electrons. The van der Waals surface area contributed by atoms with Gasteiger partial charge in [-0.15, -0.1) is 0 Å². The fraction of sp³-hybridized carbons (Fsp3) is 0.350. The van der Waals surface area contributed by atoms with E-state index in [1.807, 2.05) is 38.4 Å². The highest BCUT2D eigenvalue weighted by Gasteiger charge is 2.25. The van der Waals surface area contributed by atoms with Crippen molar-refractivity contribution in [1.82, 2.24) is 9.55 Å². The summed E-state index contributed by atoms with van der Waals surface area (Å²) in [4.78, 5) is 4.28. The Balaban J connectivity index is 2.24. The molecule has 0 aliphatic rings. The fourth-order valence-electron chi connectivity index (χ4n) is 2.58. The molecule has 0 bridgehead atoms. The van der Waals surface area contributed by atoms with Gasteiger partial charge in [0.25, 0.3) is 0 Å². The van der Waals surface area contributed by atoms with Gasteiger partial charge < -0.3 is 9.30 Å². The summed E-state index contributed by atoms with van der Waals surface area (Å²) in [7, 11) is 0. The van der Waals surface area contributed by atoms with Crippen LogP contribution < -0.4 is 0 Å². The number of aromatic nitrogens is 2. The summed E-state index contributed by atoms with van der Waals surface area (Å²) in [5.74, 6) is 0.616. The summed E-state index contributed by atoms with van der Waals surface area (Å²) in [6.07, 6.45) is 4.50. The third-order valence-corrected chi connectivity index (χ3v) is 4.31. The molecular formula is C20H26N2O. The van der Waals surface area contributed by atoms with E-state index in [1.165, 1.54) is 5.56 Å². The maximum Gasteiger partial charge on any atom is 0.138 e.